The predicted molar refractivity (Wildman–Crippen MR) is 248 cm³/mol. The third-order valence-corrected chi connectivity index (χ3v) is 13.4. The molecule has 0 spiro atoms. The van der Waals surface area contributed by atoms with Gasteiger partial charge in [0.15, 0.2) is 5.13 Å². The highest BCUT2D eigenvalue weighted by Crippen LogP contribution is 2.46. The molecule has 4 aromatic rings. The average molecular weight is 931 g/mol. The van der Waals surface area contributed by atoms with Crippen LogP contribution in [0.15, 0.2) is 71.0 Å². The van der Waals surface area contributed by atoms with Gasteiger partial charge in [-0.05, 0) is 84.6 Å². The molecule has 4 amide bonds. The second-order valence-corrected chi connectivity index (χ2v) is 20.4. The number of thiazole rings is 1. The number of pyridine rings is 1. The average Bonchev–Trinajstić information content (AvgIpc) is 3.51. The Morgan fingerprint density at radius 3 is 2.62 bits per heavy atom. The van der Waals surface area contributed by atoms with Gasteiger partial charge in [0.05, 0.1) is 30.6 Å². The zero-order valence-corrected chi connectivity index (χ0v) is 39.2. The topological polar surface area (TPSA) is 219 Å². The molecular weight excluding hydrogens is 873 g/mol. The number of rotatable bonds is 11. The molecule has 348 valence electrons. The maximum atomic E-state index is 14.7. The molecule has 1 saturated heterocycles. The first kappa shape index (κ1) is 47.0. The summed E-state index contributed by atoms with van der Waals surface area (Å²) >= 11 is 1.45. The first-order valence-corrected chi connectivity index (χ1v) is 24.3. The number of hydrogen-bond donors (Lipinski definition) is 5. The summed E-state index contributed by atoms with van der Waals surface area (Å²) in [6.07, 6.45) is 5.78. The number of para-hydroxylation sites is 1. The highest BCUT2D eigenvalue weighted by molar-refractivity contribution is 7.90. The molecule has 4 heterocycles. The number of allylic oxidation sites excluding steroid dienone is 1. The van der Waals surface area contributed by atoms with E-state index >= 15 is 0 Å². The van der Waals surface area contributed by atoms with Crippen LogP contribution in [-0.2, 0) is 29.1 Å². The molecule has 3 aliphatic rings. The van der Waals surface area contributed by atoms with Crippen LogP contribution in [0.1, 0.15) is 79.6 Å². The fraction of sp³-hybridized carbons (Fsp3) is 0.478. The monoisotopic (exact) mass is 930 g/mol. The lowest BCUT2D eigenvalue weighted by atomic mass is 10.1. The minimum Gasteiger partial charge on any atom is -0.497 e. The molecule has 1 aliphatic carbocycles. The summed E-state index contributed by atoms with van der Waals surface area (Å²) in [4.78, 5) is 66.4. The van der Waals surface area contributed by atoms with Crippen molar-refractivity contribution in [1.82, 2.24) is 30.2 Å². The fourth-order valence-electron chi connectivity index (χ4n) is 8.00. The number of ether oxygens (including phenoxy) is 3. The lowest BCUT2D eigenvalue weighted by molar-refractivity contribution is -0.139. The van der Waals surface area contributed by atoms with Crippen molar-refractivity contribution in [3.8, 4) is 22.9 Å². The third-order valence-electron chi connectivity index (χ3n) is 11.2. The van der Waals surface area contributed by atoms with Gasteiger partial charge in [-0.15, -0.1) is 11.3 Å². The molecule has 1 saturated carbocycles. The molecule has 19 heteroatoms. The third kappa shape index (κ3) is 11.5. The van der Waals surface area contributed by atoms with Crippen molar-refractivity contribution in [1.29, 1.82) is 0 Å². The number of nitrogens with zero attached hydrogens (tertiary/aromatic N) is 3. The Hall–Kier alpha value is -5.95. The largest absolute Gasteiger partial charge is 0.497 e. The number of amides is 4. The van der Waals surface area contributed by atoms with E-state index in [1.807, 2.05) is 37.4 Å². The van der Waals surface area contributed by atoms with Gasteiger partial charge < -0.3 is 40.4 Å². The van der Waals surface area contributed by atoms with Gasteiger partial charge >= 0.3 is 6.09 Å². The number of methoxy groups -OCH3 is 1. The Labute approximate surface area is 383 Å². The normalized spacial score (nSPS) is 22.0. The van der Waals surface area contributed by atoms with Crippen LogP contribution in [0.4, 0.5) is 15.6 Å². The van der Waals surface area contributed by atoms with Gasteiger partial charge in [-0.2, -0.15) is 0 Å². The smallest absolute Gasteiger partial charge is 0.407 e. The van der Waals surface area contributed by atoms with E-state index in [-0.39, 0.29) is 43.3 Å². The number of hydrogen-bond acceptors (Lipinski definition) is 14. The van der Waals surface area contributed by atoms with E-state index in [9.17, 15) is 27.6 Å². The molecule has 0 radical (unpaired) electrons. The van der Waals surface area contributed by atoms with Crippen LogP contribution in [0.3, 0.4) is 0 Å². The number of carbonyl (C=O) groups is 4. The molecule has 7 rings (SSSR count). The van der Waals surface area contributed by atoms with Gasteiger partial charge in [0, 0.05) is 60.8 Å². The molecular formula is C46H58N8O9S2. The van der Waals surface area contributed by atoms with Gasteiger partial charge in [-0.25, -0.2) is 27.9 Å². The zero-order valence-electron chi connectivity index (χ0n) is 37.6. The Kier molecular flexibility index (Phi) is 14.2. The SMILES string of the molecule is COc1ccc2c(O[C@@H]3C[C@@H](C(=O)N[C@]45C[C@H]4C=CCCCCCNc4ccccc4S(=O)(=O)NC5=O)N(C(=O)CCNC(=O)OC(C)(C)C)C3)cc(-c3csc(NC(C)C)n3)nc2c1. The molecule has 17 nitrogen and oxygen atoms in total. The molecule has 5 N–H and O–H groups in total. The summed E-state index contributed by atoms with van der Waals surface area (Å²) in [6.45, 7) is 9.70. The quantitative estimate of drug-likeness (QED) is 0.103. The standard InChI is InChI=1S/C46H58N8O9S2/c1-28(2)49-43-51-36(27-64-43)35-24-38(32-18-17-30(61-6)22-34(32)50-35)62-31-23-37(54(26-31)40(55)19-21-48-44(58)63-45(3,4)5)41(56)52-46-25-29(46)14-10-8-7-9-13-20-47-33-15-11-12-16-39(33)65(59,60)53-42(46)57/h10-12,14-18,22,24,27-29,31,37,47H,7-9,13,19-21,23,25-26H2,1-6H3,(H,48,58)(H,49,51)(H,52,56)(H,53,57)/t29-,31-,37+,46-/m1/s1. The van der Waals surface area contributed by atoms with Crippen LogP contribution in [-0.4, -0.2) is 103 Å². The van der Waals surface area contributed by atoms with Crippen LogP contribution in [0.2, 0.25) is 0 Å². The van der Waals surface area contributed by atoms with E-state index < -0.39 is 63.0 Å². The highest BCUT2D eigenvalue weighted by Gasteiger charge is 2.61. The summed E-state index contributed by atoms with van der Waals surface area (Å²) in [5.41, 5.74) is -0.257. The first-order chi connectivity index (χ1) is 30.9. The summed E-state index contributed by atoms with van der Waals surface area (Å²) in [6, 6.07) is 12.6. The predicted octanol–water partition coefficient (Wildman–Crippen LogP) is 6.37. The number of aromatic nitrogens is 2. The van der Waals surface area contributed by atoms with Crippen LogP contribution in [0.25, 0.3) is 22.3 Å². The van der Waals surface area contributed by atoms with E-state index in [0.29, 0.717) is 46.0 Å². The second-order valence-electron chi connectivity index (χ2n) is 17.8. The summed E-state index contributed by atoms with van der Waals surface area (Å²) in [5, 5.41) is 15.3. The molecule has 2 aliphatic heterocycles. The van der Waals surface area contributed by atoms with Crippen LogP contribution in [0, 0.1) is 5.92 Å². The number of anilines is 2. The molecule has 0 unspecified atom stereocenters. The number of nitrogens with one attached hydrogen (secondary N) is 5. The maximum absolute atomic E-state index is 14.7. The van der Waals surface area contributed by atoms with Crippen molar-refractivity contribution < 1.29 is 41.8 Å². The van der Waals surface area contributed by atoms with Gasteiger partial charge in [0.25, 0.3) is 15.9 Å². The Morgan fingerprint density at radius 1 is 1.05 bits per heavy atom. The number of likely N-dealkylation sites (tertiary alicyclic amines) is 1. The number of sulfonamides is 1. The van der Waals surface area contributed by atoms with Gasteiger partial charge in [-0.3, -0.25) is 14.4 Å². The van der Waals surface area contributed by atoms with Crippen LogP contribution in [0.5, 0.6) is 11.5 Å². The fourth-order valence-corrected chi connectivity index (χ4v) is 10.1. The van der Waals surface area contributed by atoms with Crippen molar-refractivity contribution in [3.05, 3.63) is 66.1 Å². The first-order valence-electron chi connectivity index (χ1n) is 22.0. The number of benzene rings is 2. The maximum Gasteiger partial charge on any atom is 0.407 e. The minimum atomic E-state index is -4.38. The lowest BCUT2D eigenvalue weighted by Crippen LogP contribution is -2.56. The Morgan fingerprint density at radius 2 is 1.85 bits per heavy atom. The van der Waals surface area contributed by atoms with Crippen LogP contribution < -0.4 is 35.5 Å². The van der Waals surface area contributed by atoms with E-state index in [1.54, 1.807) is 64.3 Å². The Balaban J connectivity index is 1.18. The number of alkyl carbamates (subject to hydrolysis) is 1. The number of fused-ring (bicyclic) bond motifs is 3. The number of carbonyl (C=O) groups excluding carboxylic acids is 4. The molecule has 65 heavy (non-hydrogen) atoms. The lowest BCUT2D eigenvalue weighted by Gasteiger charge is -2.27. The second kappa shape index (κ2) is 19.7. The molecule has 0 bridgehead atoms. The van der Waals surface area contributed by atoms with Crippen LogP contribution >= 0.6 is 11.3 Å². The van der Waals surface area contributed by atoms with E-state index in [4.69, 9.17) is 24.2 Å². The van der Waals surface area contributed by atoms with E-state index in [0.717, 1.165) is 30.8 Å². The molecule has 2 fully saturated rings. The summed E-state index contributed by atoms with van der Waals surface area (Å²) in [7, 11) is -2.82. The van der Waals surface area contributed by atoms with E-state index in [1.165, 1.54) is 22.3 Å². The minimum absolute atomic E-state index is 0.0154. The zero-order chi connectivity index (χ0) is 46.5. The van der Waals surface area contributed by atoms with Crippen molar-refractivity contribution in [2.75, 3.05) is 37.4 Å². The van der Waals surface area contributed by atoms with Crippen molar-refractivity contribution in [2.24, 2.45) is 5.92 Å². The Bertz CT molecular complexity index is 2560. The van der Waals surface area contributed by atoms with Crippen molar-refractivity contribution in [2.45, 2.75) is 114 Å². The summed E-state index contributed by atoms with van der Waals surface area (Å²) in [5.74, 6) is -1.46. The van der Waals surface area contributed by atoms with Gasteiger partial charge in [0.1, 0.15) is 45.4 Å². The highest BCUT2D eigenvalue weighted by atomic mass is 32.2. The molecule has 4 atom stereocenters. The summed E-state index contributed by atoms with van der Waals surface area (Å²) < 4.78 is 47.5. The van der Waals surface area contributed by atoms with Gasteiger partial charge in [0.2, 0.25) is 11.8 Å². The van der Waals surface area contributed by atoms with Crippen molar-refractivity contribution >= 4 is 66.9 Å². The molecule has 2 aromatic heterocycles. The van der Waals surface area contributed by atoms with Crippen molar-refractivity contribution in [3.63, 3.8) is 0 Å². The van der Waals surface area contributed by atoms with E-state index in [2.05, 4.69) is 26.0 Å². The molecule has 2 aromatic carbocycles. The van der Waals surface area contributed by atoms with Gasteiger partial charge in [-0.1, -0.05) is 30.7 Å².